The number of aryl methyl sites for hydroxylation is 1. The number of ether oxygens (including phenoxy) is 1. The van der Waals surface area contributed by atoms with E-state index in [9.17, 15) is 4.79 Å². The number of nitrogens with one attached hydrogen (secondary N) is 1. The number of hydrogen-bond acceptors (Lipinski definition) is 6. The van der Waals surface area contributed by atoms with Crippen molar-refractivity contribution in [3.05, 3.63) is 101 Å². The summed E-state index contributed by atoms with van der Waals surface area (Å²) in [6.07, 6.45) is 7.41. The van der Waals surface area contributed by atoms with E-state index in [1.54, 1.807) is 18.4 Å². The van der Waals surface area contributed by atoms with Crippen LogP contribution in [0.5, 0.6) is 5.75 Å². The molecule has 188 valence electrons. The van der Waals surface area contributed by atoms with Crippen molar-refractivity contribution < 1.29 is 14.6 Å². The molecule has 4 rings (SSSR count). The van der Waals surface area contributed by atoms with E-state index >= 15 is 0 Å². The first-order valence-corrected chi connectivity index (χ1v) is 12.8. The number of methoxy groups -OCH3 is 1. The lowest BCUT2D eigenvalue weighted by Gasteiger charge is -2.15. The van der Waals surface area contributed by atoms with E-state index in [2.05, 4.69) is 37.0 Å². The molecule has 0 aliphatic carbocycles. The van der Waals surface area contributed by atoms with E-state index in [1.165, 1.54) is 0 Å². The lowest BCUT2D eigenvalue weighted by molar-refractivity contribution is -0.136. The van der Waals surface area contributed by atoms with E-state index < -0.39 is 5.97 Å². The summed E-state index contributed by atoms with van der Waals surface area (Å²) in [5.41, 5.74) is 4.65. The van der Waals surface area contributed by atoms with Gasteiger partial charge in [0, 0.05) is 21.8 Å². The Morgan fingerprint density at radius 2 is 1.81 bits per heavy atom. The Morgan fingerprint density at radius 1 is 1.05 bits per heavy atom. The van der Waals surface area contributed by atoms with Crippen molar-refractivity contribution in [3.63, 3.8) is 0 Å². The highest BCUT2D eigenvalue weighted by molar-refractivity contribution is 7.16. The molecule has 0 radical (unpaired) electrons. The summed E-state index contributed by atoms with van der Waals surface area (Å²) in [7, 11) is 1.66. The minimum Gasteiger partial charge on any atom is -0.497 e. The van der Waals surface area contributed by atoms with Gasteiger partial charge in [0.2, 0.25) is 0 Å². The molecular weight excluding hydrogens is 482 g/mol. The van der Waals surface area contributed by atoms with E-state index in [0.29, 0.717) is 12.2 Å². The minimum atomic E-state index is -0.851. The van der Waals surface area contributed by atoms with Crippen LogP contribution in [-0.4, -0.2) is 28.2 Å². The van der Waals surface area contributed by atoms with Crippen LogP contribution in [0.2, 0.25) is 0 Å². The zero-order valence-corrected chi connectivity index (χ0v) is 21.7. The second-order valence-corrected chi connectivity index (χ2v) is 9.48. The number of aromatic nitrogens is 2. The van der Waals surface area contributed by atoms with Crippen molar-refractivity contribution in [3.8, 4) is 16.5 Å². The fraction of sp³-hybridized carbons (Fsp3) is 0.167. The fourth-order valence-electron chi connectivity index (χ4n) is 3.87. The van der Waals surface area contributed by atoms with Crippen molar-refractivity contribution in [1.29, 1.82) is 0 Å². The molecule has 6 nitrogen and oxygen atoms in total. The van der Waals surface area contributed by atoms with E-state index in [-0.39, 0.29) is 6.42 Å². The van der Waals surface area contributed by atoms with Gasteiger partial charge in [0.15, 0.2) is 5.82 Å². The molecule has 0 spiro atoms. The first-order chi connectivity index (χ1) is 18.0. The molecule has 7 heteroatoms. The lowest BCUT2D eigenvalue weighted by atomic mass is 10.1. The number of thiophene rings is 1. The van der Waals surface area contributed by atoms with Crippen LogP contribution in [-0.2, 0) is 24.1 Å². The molecule has 2 aromatic heterocycles. The summed E-state index contributed by atoms with van der Waals surface area (Å²) in [5.74, 6) is 1.39. The number of rotatable bonds is 11. The average molecular weight is 512 g/mol. The molecular formula is C30H29N3O3S. The number of aliphatic carboxylic acids is 1. The molecule has 0 saturated carbocycles. The van der Waals surface area contributed by atoms with Gasteiger partial charge >= 0.3 is 5.97 Å². The molecule has 2 heterocycles. The average Bonchev–Trinajstić information content (AvgIpc) is 3.38. The largest absolute Gasteiger partial charge is 0.497 e. The van der Waals surface area contributed by atoms with Gasteiger partial charge in [-0.05, 0) is 66.4 Å². The fourth-order valence-corrected chi connectivity index (χ4v) is 4.71. The van der Waals surface area contributed by atoms with Gasteiger partial charge < -0.3 is 15.2 Å². The Hall–Kier alpha value is -4.23. The van der Waals surface area contributed by atoms with Gasteiger partial charge in [-0.2, -0.15) is 0 Å². The highest BCUT2D eigenvalue weighted by atomic mass is 32.1. The van der Waals surface area contributed by atoms with Crippen molar-refractivity contribution in [2.45, 2.75) is 26.2 Å². The van der Waals surface area contributed by atoms with Crippen LogP contribution >= 0.6 is 11.3 Å². The van der Waals surface area contributed by atoms with Crippen LogP contribution < -0.4 is 10.1 Å². The highest BCUT2D eigenvalue weighted by Crippen LogP contribution is 2.31. The van der Waals surface area contributed by atoms with Gasteiger partial charge in [-0.1, -0.05) is 43.3 Å². The molecule has 0 aliphatic heterocycles. The van der Waals surface area contributed by atoms with Gasteiger partial charge in [-0.3, -0.25) is 4.79 Å². The molecule has 2 N–H and O–H groups in total. The second-order valence-electron chi connectivity index (χ2n) is 8.37. The number of allylic oxidation sites excluding steroid dienone is 1. The third-order valence-electron chi connectivity index (χ3n) is 5.75. The van der Waals surface area contributed by atoms with Crippen molar-refractivity contribution >= 4 is 41.0 Å². The van der Waals surface area contributed by atoms with Crippen LogP contribution in [0, 0.1) is 0 Å². The third-order valence-corrected chi connectivity index (χ3v) is 6.80. The number of anilines is 2. The van der Waals surface area contributed by atoms with E-state index in [1.807, 2.05) is 60.7 Å². The maximum atomic E-state index is 11.0. The van der Waals surface area contributed by atoms with Crippen LogP contribution in [0.25, 0.3) is 22.9 Å². The summed E-state index contributed by atoms with van der Waals surface area (Å²) < 4.78 is 5.22. The monoisotopic (exact) mass is 511 g/mol. The molecule has 0 atom stereocenters. The maximum Gasteiger partial charge on any atom is 0.307 e. The summed E-state index contributed by atoms with van der Waals surface area (Å²) in [4.78, 5) is 22.9. The Bertz CT molecular complexity index is 1410. The molecule has 0 fully saturated rings. The van der Waals surface area contributed by atoms with Gasteiger partial charge in [0.1, 0.15) is 11.6 Å². The summed E-state index contributed by atoms with van der Waals surface area (Å²) in [5, 5.41) is 12.4. The number of benzene rings is 2. The Morgan fingerprint density at radius 3 is 2.46 bits per heavy atom. The number of hydrogen-bond donors (Lipinski definition) is 2. The topological polar surface area (TPSA) is 84.3 Å². The molecule has 4 aromatic rings. The smallest absolute Gasteiger partial charge is 0.307 e. The zero-order chi connectivity index (χ0) is 26.2. The summed E-state index contributed by atoms with van der Waals surface area (Å²) in [6.45, 7) is 5.99. The third kappa shape index (κ3) is 6.71. The first kappa shape index (κ1) is 25.9. The predicted octanol–water partition coefficient (Wildman–Crippen LogP) is 7.05. The molecule has 2 aromatic carbocycles. The standard InChI is InChI=1S/C30H29N3O3S/c1-4-6-25-26(5-2)32-30(33-29(25)31-22-12-7-21(8-13-22)19-28(34)35)27-18-17-24(37-27)16-11-20-9-14-23(36-3)15-10-20/h4,7-18H,1,5-6,19H2,2-3H3,(H,34,35)(H,31,32,33)/b16-11+. The van der Waals surface area contributed by atoms with Crippen molar-refractivity contribution in [2.24, 2.45) is 0 Å². The molecule has 0 aliphatic rings. The van der Waals surface area contributed by atoms with E-state index in [0.717, 1.165) is 55.8 Å². The van der Waals surface area contributed by atoms with E-state index in [4.69, 9.17) is 19.8 Å². The number of nitrogens with zero attached hydrogens (tertiary/aromatic N) is 2. The number of carbonyl (C=O) groups is 1. The Balaban J connectivity index is 1.61. The summed E-state index contributed by atoms with van der Waals surface area (Å²) in [6, 6.07) is 19.4. The molecule has 0 amide bonds. The second kappa shape index (κ2) is 12.1. The number of carboxylic acids is 1. The number of carboxylic acid groups (broad SMARTS) is 1. The van der Waals surface area contributed by atoms with Gasteiger partial charge in [-0.15, -0.1) is 17.9 Å². The lowest BCUT2D eigenvalue weighted by Crippen LogP contribution is -2.07. The summed E-state index contributed by atoms with van der Waals surface area (Å²) >= 11 is 1.63. The Labute approximate surface area is 221 Å². The highest BCUT2D eigenvalue weighted by Gasteiger charge is 2.15. The minimum absolute atomic E-state index is 0.00669. The molecule has 37 heavy (non-hydrogen) atoms. The first-order valence-electron chi connectivity index (χ1n) is 12.0. The maximum absolute atomic E-state index is 11.0. The van der Waals surface area contributed by atoms with Crippen molar-refractivity contribution in [2.75, 3.05) is 12.4 Å². The quantitative estimate of drug-likeness (QED) is 0.210. The zero-order valence-electron chi connectivity index (χ0n) is 20.9. The van der Waals surface area contributed by atoms with Crippen molar-refractivity contribution in [1.82, 2.24) is 9.97 Å². The van der Waals surface area contributed by atoms with Crippen LogP contribution in [0.3, 0.4) is 0 Å². The normalized spacial score (nSPS) is 11.0. The SMILES string of the molecule is C=CCc1c(CC)nc(-c2ccc(/C=C/c3ccc(OC)cc3)s2)nc1Nc1ccc(CC(=O)O)cc1. The molecule has 0 bridgehead atoms. The van der Waals surface area contributed by atoms with Crippen LogP contribution in [0.1, 0.15) is 34.2 Å². The van der Waals surface area contributed by atoms with Crippen LogP contribution in [0.15, 0.2) is 73.3 Å². The predicted molar refractivity (Wildman–Crippen MR) is 152 cm³/mol. The van der Waals surface area contributed by atoms with Crippen LogP contribution in [0.4, 0.5) is 11.5 Å². The van der Waals surface area contributed by atoms with Gasteiger partial charge in [-0.25, -0.2) is 9.97 Å². The van der Waals surface area contributed by atoms with Gasteiger partial charge in [0.05, 0.1) is 18.4 Å². The Kier molecular flexibility index (Phi) is 8.48. The van der Waals surface area contributed by atoms with Gasteiger partial charge in [0.25, 0.3) is 0 Å². The molecule has 0 saturated heterocycles. The molecule has 0 unspecified atom stereocenters.